The van der Waals surface area contributed by atoms with Crippen LogP contribution in [0.4, 0.5) is 0 Å². The van der Waals surface area contributed by atoms with Crippen molar-refractivity contribution in [3.63, 3.8) is 0 Å². The molecule has 1 aliphatic heterocycles. The summed E-state index contributed by atoms with van der Waals surface area (Å²) in [7, 11) is 2.21. The Labute approximate surface area is 118 Å². The lowest BCUT2D eigenvalue weighted by molar-refractivity contribution is 0.0564. The predicted molar refractivity (Wildman–Crippen MR) is 79.4 cm³/mol. The maximum Gasteiger partial charge on any atom is 0.0613 e. The molecule has 2 aliphatic rings. The second kappa shape index (κ2) is 6.53. The number of rotatable bonds is 5. The van der Waals surface area contributed by atoms with Gasteiger partial charge in [0.15, 0.2) is 0 Å². The van der Waals surface area contributed by atoms with Crippen LogP contribution >= 0.6 is 0 Å². The highest BCUT2D eigenvalue weighted by Gasteiger charge is 2.42. The minimum absolute atomic E-state index is 0.0102. The molecule has 0 aromatic carbocycles. The summed E-state index contributed by atoms with van der Waals surface area (Å²) in [6.45, 7) is 9.36. The van der Waals surface area contributed by atoms with E-state index in [1.165, 1.54) is 26.1 Å². The van der Waals surface area contributed by atoms with Crippen molar-refractivity contribution < 1.29 is 5.11 Å². The molecular weight excluding hydrogens is 238 g/mol. The normalized spacial score (nSPS) is 37.9. The topological polar surface area (TPSA) is 38.7 Å². The number of hydrogen-bond acceptors (Lipinski definition) is 4. The van der Waals surface area contributed by atoms with Crippen LogP contribution in [-0.4, -0.2) is 72.4 Å². The molecule has 0 amide bonds. The number of aliphatic hydroxyl groups excluding tert-OH is 1. The fourth-order valence-corrected chi connectivity index (χ4v) is 3.83. The van der Waals surface area contributed by atoms with Crippen molar-refractivity contribution in [2.75, 3.05) is 39.8 Å². The molecular formula is C15H31N3O. The third-order valence-corrected chi connectivity index (χ3v) is 4.99. The minimum Gasteiger partial charge on any atom is -0.394 e. The molecule has 2 fully saturated rings. The van der Waals surface area contributed by atoms with E-state index in [4.69, 9.17) is 0 Å². The molecule has 1 heterocycles. The zero-order valence-corrected chi connectivity index (χ0v) is 12.9. The van der Waals surface area contributed by atoms with Crippen LogP contribution in [0.3, 0.4) is 0 Å². The molecule has 0 bridgehead atoms. The number of nitrogens with zero attached hydrogens (tertiary/aromatic N) is 2. The summed E-state index contributed by atoms with van der Waals surface area (Å²) in [5.41, 5.74) is -0.0102. The highest BCUT2D eigenvalue weighted by Crippen LogP contribution is 2.34. The lowest BCUT2D eigenvalue weighted by atomic mass is 9.97. The van der Waals surface area contributed by atoms with Crippen LogP contribution in [0.2, 0.25) is 0 Å². The Morgan fingerprint density at radius 1 is 1.37 bits per heavy atom. The van der Waals surface area contributed by atoms with Crippen LogP contribution in [0.1, 0.15) is 39.5 Å². The van der Waals surface area contributed by atoms with Crippen molar-refractivity contribution in [3.8, 4) is 0 Å². The molecule has 2 N–H and O–H groups in total. The number of piperazine rings is 1. The Hall–Kier alpha value is -0.160. The lowest BCUT2D eigenvalue weighted by Gasteiger charge is -2.42. The van der Waals surface area contributed by atoms with E-state index >= 15 is 0 Å². The predicted octanol–water partition coefficient (Wildman–Crippen LogP) is 0.906. The Morgan fingerprint density at radius 3 is 2.79 bits per heavy atom. The first-order chi connectivity index (χ1) is 9.10. The summed E-state index contributed by atoms with van der Waals surface area (Å²) in [5.74, 6) is 0. The van der Waals surface area contributed by atoms with Crippen LogP contribution in [0.5, 0.6) is 0 Å². The van der Waals surface area contributed by atoms with Crippen LogP contribution < -0.4 is 5.32 Å². The summed E-state index contributed by atoms with van der Waals surface area (Å²) in [5, 5.41) is 13.4. The third-order valence-electron chi connectivity index (χ3n) is 4.99. The largest absolute Gasteiger partial charge is 0.394 e. The van der Waals surface area contributed by atoms with E-state index < -0.39 is 0 Å². The third kappa shape index (κ3) is 3.48. The first-order valence-corrected chi connectivity index (χ1v) is 7.90. The van der Waals surface area contributed by atoms with Crippen LogP contribution in [0, 0.1) is 0 Å². The first kappa shape index (κ1) is 15.2. The van der Waals surface area contributed by atoms with Gasteiger partial charge in [0.25, 0.3) is 0 Å². The Kier molecular flexibility index (Phi) is 5.23. The van der Waals surface area contributed by atoms with Crippen LogP contribution in [0.15, 0.2) is 0 Å². The Bertz CT molecular complexity index is 287. The summed E-state index contributed by atoms with van der Waals surface area (Å²) in [4.78, 5) is 5.09. The summed E-state index contributed by atoms with van der Waals surface area (Å²) < 4.78 is 0. The molecule has 19 heavy (non-hydrogen) atoms. The highest BCUT2D eigenvalue weighted by molar-refractivity contribution is 5.01. The van der Waals surface area contributed by atoms with E-state index in [2.05, 4.69) is 36.0 Å². The molecule has 4 nitrogen and oxygen atoms in total. The van der Waals surface area contributed by atoms with Crippen LogP contribution in [0.25, 0.3) is 0 Å². The smallest absolute Gasteiger partial charge is 0.0613 e. The van der Waals surface area contributed by atoms with Gasteiger partial charge < -0.3 is 15.3 Å². The maximum atomic E-state index is 9.78. The van der Waals surface area contributed by atoms with E-state index in [1.54, 1.807) is 0 Å². The van der Waals surface area contributed by atoms with Gasteiger partial charge in [-0.3, -0.25) is 4.90 Å². The molecule has 3 atom stereocenters. The fraction of sp³-hybridized carbons (Fsp3) is 1.00. The van der Waals surface area contributed by atoms with E-state index in [0.717, 1.165) is 25.8 Å². The fourth-order valence-electron chi connectivity index (χ4n) is 3.83. The molecule has 0 aromatic rings. The van der Waals surface area contributed by atoms with E-state index in [1.807, 2.05) is 0 Å². The lowest BCUT2D eigenvalue weighted by Crippen LogP contribution is -2.55. The minimum atomic E-state index is -0.0102. The summed E-state index contributed by atoms with van der Waals surface area (Å²) >= 11 is 0. The van der Waals surface area contributed by atoms with Gasteiger partial charge in [-0.2, -0.15) is 0 Å². The number of aliphatic hydroxyl groups is 1. The average Bonchev–Trinajstić information content (AvgIpc) is 2.81. The monoisotopic (exact) mass is 269 g/mol. The molecule has 4 heteroatoms. The van der Waals surface area contributed by atoms with Gasteiger partial charge >= 0.3 is 0 Å². The first-order valence-electron chi connectivity index (χ1n) is 7.90. The molecule has 3 unspecified atom stereocenters. The van der Waals surface area contributed by atoms with Crippen molar-refractivity contribution >= 4 is 0 Å². The molecule has 0 aromatic heterocycles. The zero-order valence-electron chi connectivity index (χ0n) is 12.9. The Morgan fingerprint density at radius 2 is 2.16 bits per heavy atom. The van der Waals surface area contributed by atoms with Crippen molar-refractivity contribution in [2.24, 2.45) is 0 Å². The molecule has 112 valence electrons. The number of likely N-dealkylation sites (N-methyl/N-ethyl adjacent to an activating group) is 1. The number of nitrogens with one attached hydrogen (secondary N) is 1. The van der Waals surface area contributed by atoms with Crippen molar-refractivity contribution in [3.05, 3.63) is 0 Å². The molecule has 1 aliphatic carbocycles. The van der Waals surface area contributed by atoms with Gasteiger partial charge in [0.2, 0.25) is 0 Å². The van der Waals surface area contributed by atoms with E-state index in [-0.39, 0.29) is 12.1 Å². The highest BCUT2D eigenvalue weighted by atomic mass is 16.3. The standard InChI is InChI=1S/C15H31N3O/c1-4-7-16-15(12-19)6-5-14(10-15)18-9-8-17(3)11-13(18)2/h13-14,16,19H,4-12H2,1-3H3. The maximum absolute atomic E-state index is 9.78. The van der Waals surface area contributed by atoms with Gasteiger partial charge in [-0.05, 0) is 46.2 Å². The van der Waals surface area contributed by atoms with Gasteiger partial charge in [0, 0.05) is 37.3 Å². The molecule has 1 saturated heterocycles. The van der Waals surface area contributed by atoms with E-state index in [0.29, 0.717) is 12.1 Å². The second-order valence-corrected chi connectivity index (χ2v) is 6.61. The van der Waals surface area contributed by atoms with Crippen molar-refractivity contribution in [1.82, 2.24) is 15.1 Å². The van der Waals surface area contributed by atoms with Gasteiger partial charge in [-0.1, -0.05) is 6.92 Å². The molecule has 0 spiro atoms. The SMILES string of the molecule is CCCNC1(CO)CCC(N2CCN(C)CC2C)C1. The summed E-state index contributed by atoms with van der Waals surface area (Å²) in [6, 6.07) is 1.30. The zero-order chi connectivity index (χ0) is 13.9. The van der Waals surface area contributed by atoms with Crippen LogP contribution in [-0.2, 0) is 0 Å². The van der Waals surface area contributed by atoms with E-state index in [9.17, 15) is 5.11 Å². The van der Waals surface area contributed by atoms with Gasteiger partial charge in [-0.25, -0.2) is 0 Å². The Balaban J connectivity index is 1.93. The number of hydrogen-bond donors (Lipinski definition) is 2. The molecule has 0 radical (unpaired) electrons. The van der Waals surface area contributed by atoms with Gasteiger partial charge in [0.1, 0.15) is 0 Å². The second-order valence-electron chi connectivity index (χ2n) is 6.61. The summed E-state index contributed by atoms with van der Waals surface area (Å²) in [6.07, 6.45) is 4.59. The average molecular weight is 269 g/mol. The molecule has 2 rings (SSSR count). The van der Waals surface area contributed by atoms with Gasteiger partial charge in [-0.15, -0.1) is 0 Å². The molecule has 1 saturated carbocycles. The quantitative estimate of drug-likeness (QED) is 0.778. The van der Waals surface area contributed by atoms with Crippen molar-refractivity contribution in [2.45, 2.75) is 57.2 Å². The van der Waals surface area contributed by atoms with Gasteiger partial charge in [0.05, 0.1) is 6.61 Å². The van der Waals surface area contributed by atoms with Crippen molar-refractivity contribution in [1.29, 1.82) is 0 Å².